The van der Waals surface area contributed by atoms with Gasteiger partial charge in [-0.05, 0) is 29.8 Å². The Morgan fingerprint density at radius 3 is 2.43 bits per heavy atom. The molecular formula is C18H21NO3S. The van der Waals surface area contributed by atoms with Crippen LogP contribution in [0, 0.1) is 0 Å². The summed E-state index contributed by atoms with van der Waals surface area (Å²) in [5, 5.41) is 0. The summed E-state index contributed by atoms with van der Waals surface area (Å²) >= 11 is 0. The van der Waals surface area contributed by atoms with Gasteiger partial charge in [0.25, 0.3) is 0 Å². The highest BCUT2D eigenvalue weighted by molar-refractivity contribution is 7.90. The molecule has 23 heavy (non-hydrogen) atoms. The number of nitrogens with zero attached hydrogens (tertiary/aromatic N) is 1. The second kappa shape index (κ2) is 6.72. The average Bonchev–Trinajstić information content (AvgIpc) is 2.55. The Hall–Kier alpha value is -1.85. The van der Waals surface area contributed by atoms with Crippen molar-refractivity contribution < 1.29 is 13.2 Å². The Morgan fingerprint density at radius 2 is 1.78 bits per heavy atom. The average molecular weight is 331 g/mol. The summed E-state index contributed by atoms with van der Waals surface area (Å²) in [5.74, 6) is 0. The third-order valence-corrected chi connectivity index (χ3v) is 5.20. The monoisotopic (exact) mass is 331 g/mol. The van der Waals surface area contributed by atoms with Crippen molar-refractivity contribution in [2.24, 2.45) is 0 Å². The van der Waals surface area contributed by atoms with Crippen molar-refractivity contribution in [3.05, 3.63) is 60.2 Å². The number of rotatable bonds is 4. The van der Waals surface area contributed by atoms with E-state index in [-0.39, 0.29) is 6.10 Å². The maximum atomic E-state index is 11.5. The number of hydrogen-bond donors (Lipinski definition) is 0. The zero-order valence-electron chi connectivity index (χ0n) is 13.2. The van der Waals surface area contributed by atoms with Gasteiger partial charge in [0, 0.05) is 31.5 Å². The van der Waals surface area contributed by atoms with E-state index in [1.165, 1.54) is 11.8 Å². The molecule has 1 heterocycles. The molecule has 1 unspecified atom stereocenters. The van der Waals surface area contributed by atoms with E-state index in [4.69, 9.17) is 4.74 Å². The van der Waals surface area contributed by atoms with Gasteiger partial charge in [-0.2, -0.15) is 0 Å². The van der Waals surface area contributed by atoms with Gasteiger partial charge >= 0.3 is 0 Å². The molecule has 1 fully saturated rings. The van der Waals surface area contributed by atoms with Crippen molar-refractivity contribution in [3.8, 4) is 0 Å². The number of hydrogen-bond acceptors (Lipinski definition) is 4. The van der Waals surface area contributed by atoms with E-state index in [2.05, 4.69) is 17.0 Å². The van der Waals surface area contributed by atoms with Crippen LogP contribution in [-0.2, 0) is 21.0 Å². The molecule has 0 N–H and O–H groups in total. The standard InChI is InChI=1S/C18H21NO3S/c1-23(20,21)18-9-7-16(8-10-18)19-11-12-22-17(14-19)13-15-5-3-2-4-6-15/h2-10,17H,11-14H2,1H3. The molecule has 5 heteroatoms. The van der Waals surface area contributed by atoms with Crippen LogP contribution in [0.3, 0.4) is 0 Å². The number of ether oxygens (including phenoxy) is 1. The highest BCUT2D eigenvalue weighted by Crippen LogP contribution is 2.21. The number of morpholine rings is 1. The third-order valence-electron chi connectivity index (χ3n) is 4.07. The molecule has 122 valence electrons. The van der Waals surface area contributed by atoms with Gasteiger partial charge in [-0.1, -0.05) is 30.3 Å². The van der Waals surface area contributed by atoms with Crippen molar-refractivity contribution >= 4 is 15.5 Å². The van der Waals surface area contributed by atoms with E-state index < -0.39 is 9.84 Å². The summed E-state index contributed by atoms with van der Waals surface area (Å²) in [4.78, 5) is 2.61. The van der Waals surface area contributed by atoms with Gasteiger partial charge in [0.2, 0.25) is 0 Å². The molecule has 1 saturated heterocycles. The van der Waals surface area contributed by atoms with Crippen molar-refractivity contribution in [1.29, 1.82) is 0 Å². The first-order chi connectivity index (χ1) is 11.0. The van der Waals surface area contributed by atoms with Crippen LogP contribution in [0.1, 0.15) is 5.56 Å². The molecule has 0 radical (unpaired) electrons. The first-order valence-corrected chi connectivity index (χ1v) is 9.62. The molecule has 1 aliphatic rings. The summed E-state index contributed by atoms with van der Waals surface area (Å²) in [7, 11) is -3.14. The molecule has 0 aromatic heterocycles. The maximum Gasteiger partial charge on any atom is 0.175 e. The highest BCUT2D eigenvalue weighted by atomic mass is 32.2. The summed E-state index contributed by atoms with van der Waals surface area (Å²) in [5.41, 5.74) is 2.31. The minimum atomic E-state index is -3.14. The lowest BCUT2D eigenvalue weighted by molar-refractivity contribution is 0.0411. The molecule has 4 nitrogen and oxygen atoms in total. The summed E-state index contributed by atoms with van der Waals surface area (Å²) < 4.78 is 29.0. The van der Waals surface area contributed by atoms with E-state index >= 15 is 0 Å². The Bertz CT molecular complexity index is 742. The fourth-order valence-electron chi connectivity index (χ4n) is 2.86. The molecule has 1 aliphatic heterocycles. The fraction of sp³-hybridized carbons (Fsp3) is 0.333. The Labute approximate surface area is 137 Å². The van der Waals surface area contributed by atoms with Crippen molar-refractivity contribution in [2.75, 3.05) is 30.9 Å². The van der Waals surface area contributed by atoms with Crippen molar-refractivity contribution in [1.82, 2.24) is 0 Å². The van der Waals surface area contributed by atoms with E-state index in [0.717, 1.165) is 25.2 Å². The second-order valence-electron chi connectivity index (χ2n) is 5.89. The van der Waals surface area contributed by atoms with E-state index in [0.29, 0.717) is 11.5 Å². The van der Waals surface area contributed by atoms with Gasteiger partial charge in [0.05, 0.1) is 17.6 Å². The predicted octanol–water partition coefficient (Wildman–Crippen LogP) is 2.54. The molecule has 0 amide bonds. The maximum absolute atomic E-state index is 11.5. The Morgan fingerprint density at radius 1 is 1.09 bits per heavy atom. The lowest BCUT2D eigenvalue weighted by Crippen LogP contribution is -2.43. The van der Waals surface area contributed by atoms with Crippen molar-refractivity contribution in [2.45, 2.75) is 17.4 Å². The molecule has 2 aromatic rings. The van der Waals surface area contributed by atoms with Gasteiger partial charge < -0.3 is 9.64 Å². The van der Waals surface area contributed by atoms with Crippen LogP contribution < -0.4 is 4.90 Å². The zero-order valence-corrected chi connectivity index (χ0v) is 14.0. The number of anilines is 1. The normalized spacial score (nSPS) is 18.8. The lowest BCUT2D eigenvalue weighted by atomic mass is 10.1. The van der Waals surface area contributed by atoms with E-state index in [9.17, 15) is 8.42 Å². The fourth-order valence-corrected chi connectivity index (χ4v) is 3.49. The van der Waals surface area contributed by atoms with E-state index in [1.807, 2.05) is 30.3 Å². The number of sulfone groups is 1. The van der Waals surface area contributed by atoms with Gasteiger partial charge in [-0.15, -0.1) is 0 Å². The van der Waals surface area contributed by atoms with Crippen LogP contribution in [0.5, 0.6) is 0 Å². The van der Waals surface area contributed by atoms with Crippen LogP contribution in [0.2, 0.25) is 0 Å². The molecule has 2 aromatic carbocycles. The smallest absolute Gasteiger partial charge is 0.175 e. The minimum Gasteiger partial charge on any atom is -0.374 e. The Balaban J connectivity index is 1.68. The van der Waals surface area contributed by atoms with E-state index in [1.54, 1.807) is 12.1 Å². The first-order valence-electron chi connectivity index (χ1n) is 7.73. The molecule has 0 saturated carbocycles. The topological polar surface area (TPSA) is 46.6 Å². The van der Waals surface area contributed by atoms with Gasteiger partial charge in [0.15, 0.2) is 9.84 Å². The number of benzene rings is 2. The summed E-state index contributed by atoms with van der Waals surface area (Å²) in [6.07, 6.45) is 2.27. The predicted molar refractivity (Wildman–Crippen MR) is 91.7 cm³/mol. The van der Waals surface area contributed by atoms with Crippen LogP contribution in [-0.4, -0.2) is 40.5 Å². The molecule has 1 atom stereocenters. The molecule has 0 bridgehead atoms. The SMILES string of the molecule is CS(=O)(=O)c1ccc(N2CCOC(Cc3ccccc3)C2)cc1. The molecule has 0 aliphatic carbocycles. The van der Waals surface area contributed by atoms with Crippen LogP contribution in [0.25, 0.3) is 0 Å². The first kappa shape index (κ1) is 16.0. The second-order valence-corrected chi connectivity index (χ2v) is 7.91. The highest BCUT2D eigenvalue weighted by Gasteiger charge is 2.21. The van der Waals surface area contributed by atoms with Crippen LogP contribution in [0.15, 0.2) is 59.5 Å². The Kier molecular flexibility index (Phi) is 4.68. The molecule has 3 rings (SSSR count). The van der Waals surface area contributed by atoms with Crippen LogP contribution in [0.4, 0.5) is 5.69 Å². The van der Waals surface area contributed by atoms with Crippen molar-refractivity contribution in [3.63, 3.8) is 0 Å². The minimum absolute atomic E-state index is 0.153. The van der Waals surface area contributed by atoms with Crippen LogP contribution >= 0.6 is 0 Å². The third kappa shape index (κ3) is 4.12. The quantitative estimate of drug-likeness (QED) is 0.864. The zero-order chi connectivity index (χ0) is 16.3. The summed E-state index contributed by atoms with van der Waals surface area (Å²) in [6, 6.07) is 17.4. The molecule has 0 spiro atoms. The lowest BCUT2D eigenvalue weighted by Gasteiger charge is -2.34. The summed E-state index contributed by atoms with van der Waals surface area (Å²) in [6.45, 7) is 2.32. The molecular weight excluding hydrogens is 310 g/mol. The van der Waals surface area contributed by atoms with Gasteiger partial charge in [0.1, 0.15) is 0 Å². The largest absolute Gasteiger partial charge is 0.374 e. The van der Waals surface area contributed by atoms with Gasteiger partial charge in [-0.25, -0.2) is 8.42 Å². The van der Waals surface area contributed by atoms with Gasteiger partial charge in [-0.3, -0.25) is 0 Å².